The van der Waals surface area contributed by atoms with Crippen LogP contribution in [-0.2, 0) is 15.8 Å². The first-order chi connectivity index (χ1) is 9.83. The number of nitrogens with zero attached hydrogens (tertiary/aromatic N) is 1. The molecule has 1 amide bonds. The van der Waals surface area contributed by atoms with Crippen molar-refractivity contribution in [1.82, 2.24) is 4.98 Å². The average Bonchev–Trinajstić information content (AvgIpc) is 2.39. The summed E-state index contributed by atoms with van der Waals surface area (Å²) in [5.41, 5.74) is 2.49. The van der Waals surface area contributed by atoms with Crippen LogP contribution in [-0.4, -0.2) is 19.3 Å². The first-order valence-electron chi connectivity index (χ1n) is 6.16. The Balaban J connectivity index is 2.08. The summed E-state index contributed by atoms with van der Waals surface area (Å²) < 4.78 is 22.0. The maximum atomic E-state index is 12.0. The molecule has 110 valence electrons. The molecule has 0 unspecified atom stereocenters. The van der Waals surface area contributed by atoms with Crippen LogP contribution in [0.15, 0.2) is 42.7 Å². The molecule has 0 atom stereocenters. The van der Waals surface area contributed by atoms with E-state index in [4.69, 9.17) is 5.14 Å². The minimum absolute atomic E-state index is 0.233. The second-order valence-electron chi connectivity index (χ2n) is 4.71. The van der Waals surface area contributed by atoms with E-state index in [1.807, 2.05) is 6.92 Å². The van der Waals surface area contributed by atoms with Gasteiger partial charge < -0.3 is 5.32 Å². The van der Waals surface area contributed by atoms with Gasteiger partial charge in [-0.2, -0.15) is 0 Å². The van der Waals surface area contributed by atoms with E-state index in [0.29, 0.717) is 16.8 Å². The third-order valence-electron chi connectivity index (χ3n) is 2.72. The molecule has 0 radical (unpaired) electrons. The van der Waals surface area contributed by atoms with Gasteiger partial charge in [0.2, 0.25) is 10.0 Å². The molecular formula is C14H15N3O3S. The van der Waals surface area contributed by atoms with Gasteiger partial charge in [0, 0.05) is 18.1 Å². The van der Waals surface area contributed by atoms with E-state index in [1.165, 1.54) is 6.20 Å². The lowest BCUT2D eigenvalue weighted by molar-refractivity contribution is 0.102. The van der Waals surface area contributed by atoms with Gasteiger partial charge in [0.15, 0.2) is 0 Å². The predicted molar refractivity (Wildman–Crippen MR) is 80.2 cm³/mol. The molecule has 0 aliphatic carbocycles. The smallest absolute Gasteiger partial charge is 0.257 e. The van der Waals surface area contributed by atoms with Crippen molar-refractivity contribution in [2.45, 2.75) is 12.7 Å². The number of nitrogens with one attached hydrogen (secondary N) is 1. The topological polar surface area (TPSA) is 102 Å². The van der Waals surface area contributed by atoms with Gasteiger partial charge in [-0.1, -0.05) is 12.1 Å². The highest BCUT2D eigenvalue weighted by Gasteiger charge is 2.08. The minimum atomic E-state index is -3.56. The zero-order valence-electron chi connectivity index (χ0n) is 11.4. The molecule has 3 N–H and O–H groups in total. The molecule has 2 rings (SSSR count). The summed E-state index contributed by atoms with van der Waals surface area (Å²) in [5.74, 6) is -0.506. The molecule has 1 aromatic carbocycles. The second-order valence-corrected chi connectivity index (χ2v) is 6.32. The standard InChI is InChI=1S/C14H15N3O3S/c1-10-6-12(8-16-7-10)14(18)17-13-4-2-11(3-5-13)9-21(15,19)20/h2-8H,9H2,1H3,(H,17,18)(H2,15,19,20). The van der Waals surface area contributed by atoms with Crippen LogP contribution in [0.3, 0.4) is 0 Å². The largest absolute Gasteiger partial charge is 0.322 e. The highest BCUT2D eigenvalue weighted by molar-refractivity contribution is 7.88. The molecule has 0 bridgehead atoms. The molecular weight excluding hydrogens is 290 g/mol. The van der Waals surface area contributed by atoms with E-state index in [2.05, 4.69) is 10.3 Å². The lowest BCUT2D eigenvalue weighted by atomic mass is 10.2. The molecule has 0 spiro atoms. The molecule has 0 saturated heterocycles. The minimum Gasteiger partial charge on any atom is -0.322 e. The SMILES string of the molecule is Cc1cncc(C(=O)Nc2ccc(CS(N)(=O)=O)cc2)c1. The Labute approximate surface area is 123 Å². The number of aromatic nitrogens is 1. The van der Waals surface area contributed by atoms with Crippen LogP contribution in [0.1, 0.15) is 21.5 Å². The molecule has 0 aliphatic rings. The van der Waals surface area contributed by atoms with Crippen molar-refractivity contribution in [3.05, 3.63) is 59.4 Å². The second kappa shape index (κ2) is 6.02. The molecule has 0 saturated carbocycles. The molecule has 1 aromatic heterocycles. The molecule has 21 heavy (non-hydrogen) atoms. The number of hydrogen-bond acceptors (Lipinski definition) is 4. The molecule has 7 heteroatoms. The van der Waals surface area contributed by atoms with Gasteiger partial charge in [0.25, 0.3) is 5.91 Å². The number of carbonyl (C=O) groups is 1. The third kappa shape index (κ3) is 4.66. The predicted octanol–water partition coefficient (Wildman–Crippen LogP) is 1.43. The van der Waals surface area contributed by atoms with Gasteiger partial charge in [-0.05, 0) is 36.2 Å². The molecule has 2 aromatic rings. The Bertz CT molecular complexity index is 755. The van der Waals surface area contributed by atoms with Crippen molar-refractivity contribution in [3.8, 4) is 0 Å². The Morgan fingerprint density at radius 1 is 1.24 bits per heavy atom. The number of aryl methyl sites for hydroxylation is 1. The van der Waals surface area contributed by atoms with Crippen molar-refractivity contribution >= 4 is 21.6 Å². The van der Waals surface area contributed by atoms with Gasteiger partial charge in [-0.3, -0.25) is 9.78 Å². The number of pyridine rings is 1. The molecule has 6 nitrogen and oxygen atoms in total. The van der Waals surface area contributed by atoms with Crippen molar-refractivity contribution in [2.24, 2.45) is 5.14 Å². The van der Waals surface area contributed by atoms with Crippen LogP contribution in [0.25, 0.3) is 0 Å². The van der Waals surface area contributed by atoms with Crippen molar-refractivity contribution < 1.29 is 13.2 Å². The molecule has 0 fully saturated rings. The highest BCUT2D eigenvalue weighted by Crippen LogP contribution is 2.13. The summed E-state index contributed by atoms with van der Waals surface area (Å²) in [6.07, 6.45) is 3.15. The number of primary sulfonamides is 1. The quantitative estimate of drug-likeness (QED) is 0.892. The average molecular weight is 305 g/mol. The van der Waals surface area contributed by atoms with E-state index < -0.39 is 10.0 Å². The number of benzene rings is 1. The first-order valence-corrected chi connectivity index (χ1v) is 7.87. The number of amides is 1. The number of carbonyl (C=O) groups excluding carboxylic acids is 1. The van der Waals surface area contributed by atoms with Gasteiger partial charge in [0.1, 0.15) is 0 Å². The third-order valence-corrected chi connectivity index (χ3v) is 3.45. The summed E-state index contributed by atoms with van der Waals surface area (Å²) in [6, 6.07) is 8.20. The number of rotatable bonds is 4. The first kappa shape index (κ1) is 15.1. The summed E-state index contributed by atoms with van der Waals surface area (Å²) >= 11 is 0. The van der Waals surface area contributed by atoms with Crippen molar-refractivity contribution in [3.63, 3.8) is 0 Å². The van der Waals surface area contributed by atoms with Crippen molar-refractivity contribution in [1.29, 1.82) is 0 Å². The van der Waals surface area contributed by atoms with Crippen LogP contribution in [0.2, 0.25) is 0 Å². The Morgan fingerprint density at radius 2 is 1.90 bits per heavy atom. The summed E-state index contributed by atoms with van der Waals surface area (Å²) in [5, 5.41) is 7.69. The number of sulfonamides is 1. The monoisotopic (exact) mass is 305 g/mol. The van der Waals surface area contributed by atoms with E-state index >= 15 is 0 Å². The van der Waals surface area contributed by atoms with Crippen LogP contribution in [0.5, 0.6) is 0 Å². The number of anilines is 1. The van der Waals surface area contributed by atoms with Crippen molar-refractivity contribution in [2.75, 3.05) is 5.32 Å². The zero-order valence-corrected chi connectivity index (χ0v) is 12.2. The lowest BCUT2D eigenvalue weighted by Gasteiger charge is -2.06. The summed E-state index contributed by atoms with van der Waals surface area (Å²) in [4.78, 5) is 16.0. The fourth-order valence-electron chi connectivity index (χ4n) is 1.80. The van der Waals surface area contributed by atoms with Gasteiger partial charge in [-0.15, -0.1) is 0 Å². The van der Waals surface area contributed by atoms with Gasteiger partial charge in [0.05, 0.1) is 11.3 Å². The van der Waals surface area contributed by atoms with Crippen LogP contribution >= 0.6 is 0 Å². The number of hydrogen-bond donors (Lipinski definition) is 2. The zero-order chi connectivity index (χ0) is 15.5. The normalized spacial score (nSPS) is 11.1. The Hall–Kier alpha value is -2.25. The highest BCUT2D eigenvalue weighted by atomic mass is 32.2. The van der Waals surface area contributed by atoms with E-state index in [-0.39, 0.29) is 11.7 Å². The fraction of sp³-hybridized carbons (Fsp3) is 0.143. The Morgan fingerprint density at radius 3 is 2.48 bits per heavy atom. The number of nitrogens with two attached hydrogens (primary N) is 1. The van der Waals surface area contributed by atoms with Gasteiger partial charge >= 0.3 is 0 Å². The van der Waals surface area contributed by atoms with Crippen LogP contribution in [0, 0.1) is 6.92 Å². The maximum absolute atomic E-state index is 12.0. The Kier molecular flexibility index (Phi) is 4.35. The van der Waals surface area contributed by atoms with E-state index in [0.717, 1.165) is 5.56 Å². The maximum Gasteiger partial charge on any atom is 0.257 e. The summed E-state index contributed by atoms with van der Waals surface area (Å²) in [7, 11) is -3.56. The summed E-state index contributed by atoms with van der Waals surface area (Å²) in [6.45, 7) is 1.85. The van der Waals surface area contributed by atoms with E-state index in [9.17, 15) is 13.2 Å². The molecule has 1 heterocycles. The van der Waals surface area contributed by atoms with E-state index in [1.54, 1.807) is 36.5 Å². The van der Waals surface area contributed by atoms with Gasteiger partial charge in [-0.25, -0.2) is 13.6 Å². The molecule has 0 aliphatic heterocycles. The van der Waals surface area contributed by atoms with Crippen LogP contribution < -0.4 is 10.5 Å². The van der Waals surface area contributed by atoms with Crippen LogP contribution in [0.4, 0.5) is 5.69 Å². The fourth-order valence-corrected chi connectivity index (χ4v) is 2.46. The lowest BCUT2D eigenvalue weighted by Crippen LogP contribution is -2.15.